The molecular formula is C18H26N2O. The molecule has 0 atom stereocenters. The third-order valence-corrected chi connectivity index (χ3v) is 4.41. The molecule has 0 fully saturated rings. The number of para-hydroxylation sites is 1. The Morgan fingerprint density at radius 3 is 2.86 bits per heavy atom. The molecule has 2 heterocycles. The fourth-order valence-electron chi connectivity index (χ4n) is 3.13. The minimum absolute atomic E-state index is 0.311. The lowest BCUT2D eigenvalue weighted by atomic mass is 9.83. The SMILES string of the molecule is CC(C)(C)C1=CCN(Cc2cccc3c2OCCN3)CC1. The number of nitrogens with zero attached hydrogens (tertiary/aromatic N) is 1. The van der Waals surface area contributed by atoms with Crippen LogP contribution in [0.5, 0.6) is 5.75 Å². The first kappa shape index (κ1) is 14.5. The van der Waals surface area contributed by atoms with E-state index >= 15 is 0 Å². The number of hydrogen-bond donors (Lipinski definition) is 1. The number of ether oxygens (including phenoxy) is 1. The zero-order valence-electron chi connectivity index (χ0n) is 13.4. The monoisotopic (exact) mass is 286 g/mol. The van der Waals surface area contributed by atoms with Gasteiger partial charge >= 0.3 is 0 Å². The predicted octanol–water partition coefficient (Wildman–Crippen LogP) is 3.67. The lowest BCUT2D eigenvalue weighted by molar-refractivity contribution is 0.261. The van der Waals surface area contributed by atoms with E-state index in [4.69, 9.17) is 4.74 Å². The van der Waals surface area contributed by atoms with E-state index in [-0.39, 0.29) is 0 Å². The third-order valence-electron chi connectivity index (χ3n) is 4.41. The van der Waals surface area contributed by atoms with Crippen molar-refractivity contribution in [3.05, 3.63) is 35.4 Å². The molecule has 0 spiro atoms. The minimum Gasteiger partial charge on any atom is -0.489 e. The van der Waals surface area contributed by atoms with E-state index in [1.807, 2.05) is 0 Å². The molecule has 0 amide bonds. The fourth-order valence-corrected chi connectivity index (χ4v) is 3.13. The molecule has 2 aliphatic rings. The normalized spacial score (nSPS) is 19.3. The third kappa shape index (κ3) is 3.24. The molecule has 0 saturated heterocycles. The second-order valence-electron chi connectivity index (χ2n) is 7.03. The molecule has 0 unspecified atom stereocenters. The summed E-state index contributed by atoms with van der Waals surface area (Å²) in [7, 11) is 0. The van der Waals surface area contributed by atoms with Gasteiger partial charge in [0.1, 0.15) is 12.4 Å². The molecule has 3 nitrogen and oxygen atoms in total. The number of fused-ring (bicyclic) bond motifs is 1. The van der Waals surface area contributed by atoms with Gasteiger partial charge in [-0.1, -0.05) is 44.6 Å². The summed E-state index contributed by atoms with van der Waals surface area (Å²) in [5.74, 6) is 1.05. The van der Waals surface area contributed by atoms with Crippen LogP contribution >= 0.6 is 0 Å². The van der Waals surface area contributed by atoms with Gasteiger partial charge in [0, 0.05) is 31.7 Å². The topological polar surface area (TPSA) is 24.5 Å². The summed E-state index contributed by atoms with van der Waals surface area (Å²) in [4.78, 5) is 2.50. The zero-order chi connectivity index (χ0) is 14.9. The highest BCUT2D eigenvalue weighted by Crippen LogP contribution is 2.34. The maximum absolute atomic E-state index is 5.87. The molecule has 0 radical (unpaired) electrons. The second kappa shape index (κ2) is 5.72. The Morgan fingerprint density at radius 1 is 1.29 bits per heavy atom. The number of anilines is 1. The number of nitrogens with one attached hydrogen (secondary N) is 1. The molecule has 114 valence electrons. The van der Waals surface area contributed by atoms with Gasteiger partial charge in [-0.25, -0.2) is 0 Å². The predicted molar refractivity (Wildman–Crippen MR) is 87.9 cm³/mol. The summed E-state index contributed by atoms with van der Waals surface area (Å²) in [5, 5.41) is 3.41. The van der Waals surface area contributed by atoms with E-state index in [1.165, 1.54) is 12.0 Å². The van der Waals surface area contributed by atoms with E-state index in [9.17, 15) is 0 Å². The smallest absolute Gasteiger partial charge is 0.146 e. The highest BCUT2D eigenvalue weighted by atomic mass is 16.5. The first-order valence-corrected chi connectivity index (χ1v) is 7.94. The van der Waals surface area contributed by atoms with E-state index in [2.05, 4.69) is 55.3 Å². The molecule has 3 rings (SSSR count). The largest absolute Gasteiger partial charge is 0.489 e. The maximum Gasteiger partial charge on any atom is 0.146 e. The molecule has 0 aromatic heterocycles. The Bertz CT molecular complexity index is 543. The Balaban J connectivity index is 1.70. The van der Waals surface area contributed by atoms with Crippen LogP contribution in [0.4, 0.5) is 5.69 Å². The number of hydrogen-bond acceptors (Lipinski definition) is 3. The highest BCUT2D eigenvalue weighted by molar-refractivity contribution is 5.61. The van der Waals surface area contributed by atoms with Crippen molar-refractivity contribution in [2.75, 3.05) is 31.6 Å². The molecule has 1 N–H and O–H groups in total. The minimum atomic E-state index is 0.311. The van der Waals surface area contributed by atoms with Crippen LogP contribution in [0.1, 0.15) is 32.8 Å². The van der Waals surface area contributed by atoms with Crippen LogP contribution in [0.3, 0.4) is 0 Å². The quantitative estimate of drug-likeness (QED) is 0.840. The molecule has 0 bridgehead atoms. The average molecular weight is 286 g/mol. The number of rotatable bonds is 2. The van der Waals surface area contributed by atoms with Gasteiger partial charge in [0.15, 0.2) is 0 Å². The average Bonchev–Trinajstić information content (AvgIpc) is 2.47. The highest BCUT2D eigenvalue weighted by Gasteiger charge is 2.22. The Morgan fingerprint density at radius 2 is 2.14 bits per heavy atom. The van der Waals surface area contributed by atoms with Crippen molar-refractivity contribution in [2.24, 2.45) is 5.41 Å². The van der Waals surface area contributed by atoms with Crippen molar-refractivity contribution in [3.63, 3.8) is 0 Å². The van der Waals surface area contributed by atoms with Crippen molar-refractivity contribution < 1.29 is 4.74 Å². The van der Waals surface area contributed by atoms with Crippen LogP contribution in [-0.2, 0) is 6.54 Å². The lowest BCUT2D eigenvalue weighted by Gasteiger charge is -2.33. The molecule has 2 aliphatic heterocycles. The van der Waals surface area contributed by atoms with Gasteiger partial charge in [-0.3, -0.25) is 4.90 Å². The summed E-state index contributed by atoms with van der Waals surface area (Å²) >= 11 is 0. The molecule has 21 heavy (non-hydrogen) atoms. The first-order chi connectivity index (χ1) is 10.0. The van der Waals surface area contributed by atoms with Gasteiger partial charge in [0.25, 0.3) is 0 Å². The summed E-state index contributed by atoms with van der Waals surface area (Å²) in [6.07, 6.45) is 3.59. The van der Waals surface area contributed by atoms with Gasteiger partial charge in [-0.05, 0) is 17.9 Å². The van der Waals surface area contributed by atoms with Crippen molar-refractivity contribution in [1.82, 2.24) is 4.90 Å². The molecule has 0 aliphatic carbocycles. The zero-order valence-corrected chi connectivity index (χ0v) is 13.4. The molecular weight excluding hydrogens is 260 g/mol. The lowest BCUT2D eigenvalue weighted by Crippen LogP contribution is -2.31. The van der Waals surface area contributed by atoms with E-state index < -0.39 is 0 Å². The van der Waals surface area contributed by atoms with Crippen molar-refractivity contribution in [2.45, 2.75) is 33.7 Å². The van der Waals surface area contributed by atoms with Crippen LogP contribution in [0.15, 0.2) is 29.8 Å². The number of benzene rings is 1. The molecule has 1 aromatic carbocycles. The van der Waals surface area contributed by atoms with Crippen LogP contribution in [0.25, 0.3) is 0 Å². The van der Waals surface area contributed by atoms with Crippen LogP contribution in [0, 0.1) is 5.41 Å². The molecule has 1 aromatic rings. The van der Waals surface area contributed by atoms with E-state index in [1.54, 1.807) is 5.57 Å². The summed E-state index contributed by atoms with van der Waals surface area (Å²) in [6, 6.07) is 6.41. The van der Waals surface area contributed by atoms with Crippen molar-refractivity contribution >= 4 is 5.69 Å². The summed E-state index contributed by atoms with van der Waals surface area (Å²) in [5.41, 5.74) is 4.34. The van der Waals surface area contributed by atoms with Gasteiger partial charge in [0.05, 0.1) is 5.69 Å². The first-order valence-electron chi connectivity index (χ1n) is 7.94. The van der Waals surface area contributed by atoms with Crippen LogP contribution < -0.4 is 10.1 Å². The maximum atomic E-state index is 5.87. The Kier molecular flexibility index (Phi) is 3.94. The van der Waals surface area contributed by atoms with Crippen molar-refractivity contribution in [1.29, 1.82) is 0 Å². The standard InChI is InChI=1S/C18H26N2O/c1-18(2,3)15-7-10-20(11-8-15)13-14-5-4-6-16-17(14)21-12-9-19-16/h4-7,19H,8-13H2,1-3H3. The molecule has 0 saturated carbocycles. The van der Waals surface area contributed by atoms with Gasteiger partial charge in [-0.15, -0.1) is 0 Å². The van der Waals surface area contributed by atoms with Crippen LogP contribution in [-0.4, -0.2) is 31.1 Å². The fraction of sp³-hybridized carbons (Fsp3) is 0.556. The summed E-state index contributed by atoms with van der Waals surface area (Å²) in [6.45, 7) is 11.7. The van der Waals surface area contributed by atoms with Gasteiger partial charge in [-0.2, -0.15) is 0 Å². The summed E-state index contributed by atoms with van der Waals surface area (Å²) < 4.78 is 5.87. The Hall–Kier alpha value is -1.48. The van der Waals surface area contributed by atoms with Gasteiger partial charge < -0.3 is 10.1 Å². The second-order valence-corrected chi connectivity index (χ2v) is 7.03. The van der Waals surface area contributed by atoms with Crippen molar-refractivity contribution in [3.8, 4) is 5.75 Å². The van der Waals surface area contributed by atoms with Gasteiger partial charge in [0.2, 0.25) is 0 Å². The van der Waals surface area contributed by atoms with E-state index in [0.29, 0.717) is 5.41 Å². The molecule has 3 heteroatoms. The van der Waals surface area contributed by atoms with E-state index in [0.717, 1.165) is 44.2 Å². The van der Waals surface area contributed by atoms with Crippen LogP contribution in [0.2, 0.25) is 0 Å². The Labute approximate surface area is 128 Å².